The predicted molar refractivity (Wildman–Crippen MR) is 110 cm³/mol. The lowest BCUT2D eigenvalue weighted by atomic mass is 9.81. The normalized spacial score (nSPS) is 14.3. The van der Waals surface area contributed by atoms with E-state index in [4.69, 9.17) is 4.74 Å². The summed E-state index contributed by atoms with van der Waals surface area (Å²) in [4.78, 5) is 0. The highest BCUT2D eigenvalue weighted by molar-refractivity contribution is 5.85. The molecule has 0 spiro atoms. The molecule has 130 valence electrons. The lowest BCUT2D eigenvalue weighted by Gasteiger charge is -2.22. The Balaban J connectivity index is 1.90. The van der Waals surface area contributed by atoms with Gasteiger partial charge in [0.1, 0.15) is 0 Å². The van der Waals surface area contributed by atoms with Crippen LogP contribution in [-0.2, 0) is 10.2 Å². The van der Waals surface area contributed by atoms with Gasteiger partial charge in [-0.1, -0.05) is 74.0 Å². The Hall–Kier alpha value is -2.80. The Morgan fingerprint density at radius 3 is 2.38 bits per heavy atom. The molecular formula is C25H24O. The monoisotopic (exact) mass is 340 g/mol. The van der Waals surface area contributed by atoms with Gasteiger partial charge >= 0.3 is 0 Å². The molecule has 0 heterocycles. The third-order valence-corrected chi connectivity index (χ3v) is 5.49. The van der Waals surface area contributed by atoms with Gasteiger partial charge in [-0.2, -0.15) is 0 Å². The highest BCUT2D eigenvalue weighted by Crippen LogP contribution is 2.49. The summed E-state index contributed by atoms with van der Waals surface area (Å²) in [5.41, 5.74) is 10.5. The van der Waals surface area contributed by atoms with Crippen molar-refractivity contribution in [2.24, 2.45) is 0 Å². The first-order chi connectivity index (χ1) is 12.5. The molecule has 0 fully saturated rings. The van der Waals surface area contributed by atoms with Crippen LogP contribution in [0.5, 0.6) is 0 Å². The van der Waals surface area contributed by atoms with Crippen LogP contribution in [0.25, 0.3) is 28.3 Å². The number of aryl methyl sites for hydroxylation is 1. The first-order valence-electron chi connectivity index (χ1n) is 9.07. The Labute approximate surface area is 156 Å². The molecule has 1 nitrogen and oxygen atoms in total. The van der Waals surface area contributed by atoms with Crippen LogP contribution in [0.3, 0.4) is 0 Å². The molecule has 1 heteroatoms. The van der Waals surface area contributed by atoms with Gasteiger partial charge in [0.05, 0.1) is 13.4 Å². The summed E-state index contributed by atoms with van der Waals surface area (Å²) in [7, 11) is 1.68. The van der Waals surface area contributed by atoms with Crippen LogP contribution < -0.4 is 0 Å². The summed E-state index contributed by atoms with van der Waals surface area (Å²) in [5, 5.41) is 0. The van der Waals surface area contributed by atoms with Crippen molar-refractivity contribution >= 4 is 6.08 Å². The fraction of sp³-hybridized carbons (Fsp3) is 0.200. The first-order valence-corrected chi connectivity index (χ1v) is 9.07. The summed E-state index contributed by atoms with van der Waals surface area (Å²) in [5.74, 6) is 0. The molecule has 1 aliphatic rings. The molecule has 0 bridgehead atoms. The summed E-state index contributed by atoms with van der Waals surface area (Å²) in [6.07, 6.45) is 3.77. The Kier molecular flexibility index (Phi) is 3.96. The second-order valence-electron chi connectivity index (χ2n) is 7.56. The Bertz CT molecular complexity index is 1010. The van der Waals surface area contributed by atoms with Gasteiger partial charge in [-0.05, 0) is 58.0 Å². The highest BCUT2D eigenvalue weighted by Gasteiger charge is 2.35. The SMILES string of the molecule is CO/C=C/c1ccc(C)cc1-c1ccc2c(c1)C(C)(C)c1ccccc1-2. The van der Waals surface area contributed by atoms with Crippen LogP contribution in [0.1, 0.15) is 36.1 Å². The maximum absolute atomic E-state index is 5.14. The minimum absolute atomic E-state index is 0.0221. The third-order valence-electron chi connectivity index (χ3n) is 5.49. The molecule has 0 N–H and O–H groups in total. The van der Waals surface area contributed by atoms with Crippen LogP contribution in [0.2, 0.25) is 0 Å². The molecule has 0 saturated carbocycles. The quantitative estimate of drug-likeness (QED) is 0.489. The number of fused-ring (bicyclic) bond motifs is 3. The smallest absolute Gasteiger partial charge is 0.0830 e. The van der Waals surface area contributed by atoms with Crippen molar-refractivity contribution in [2.45, 2.75) is 26.2 Å². The maximum Gasteiger partial charge on any atom is 0.0830 e. The lowest BCUT2D eigenvalue weighted by Crippen LogP contribution is -2.14. The second kappa shape index (κ2) is 6.17. The molecule has 26 heavy (non-hydrogen) atoms. The molecule has 4 rings (SSSR count). The molecule has 3 aromatic carbocycles. The molecule has 0 radical (unpaired) electrons. The van der Waals surface area contributed by atoms with E-state index in [2.05, 4.69) is 81.4 Å². The van der Waals surface area contributed by atoms with Gasteiger partial charge in [0.15, 0.2) is 0 Å². The minimum atomic E-state index is 0.0221. The standard InChI is InChI=1S/C25H24O/c1-17-9-10-18(13-14-26-4)22(15-17)19-11-12-21-20-7-5-6-8-23(20)25(2,3)24(21)16-19/h5-16H,1-4H3/b14-13+. The molecule has 0 amide bonds. The maximum atomic E-state index is 5.14. The summed E-state index contributed by atoms with van der Waals surface area (Å²) >= 11 is 0. The zero-order valence-corrected chi connectivity index (χ0v) is 15.8. The van der Waals surface area contributed by atoms with Gasteiger partial charge in [-0.25, -0.2) is 0 Å². The van der Waals surface area contributed by atoms with Crippen LogP contribution >= 0.6 is 0 Å². The number of hydrogen-bond donors (Lipinski definition) is 0. The summed E-state index contributed by atoms with van der Waals surface area (Å²) < 4.78 is 5.14. The van der Waals surface area contributed by atoms with E-state index in [0.29, 0.717) is 0 Å². The average molecular weight is 340 g/mol. The molecule has 0 aliphatic heterocycles. The topological polar surface area (TPSA) is 9.23 Å². The van der Waals surface area contributed by atoms with E-state index in [1.807, 2.05) is 6.08 Å². The van der Waals surface area contributed by atoms with Crippen LogP contribution in [0.15, 0.2) is 66.9 Å². The average Bonchev–Trinajstić information content (AvgIpc) is 2.88. The van der Waals surface area contributed by atoms with Crippen molar-refractivity contribution < 1.29 is 4.74 Å². The highest BCUT2D eigenvalue weighted by atomic mass is 16.5. The fourth-order valence-corrected chi connectivity index (χ4v) is 4.08. The van der Waals surface area contributed by atoms with Crippen molar-refractivity contribution in [3.05, 3.63) is 89.2 Å². The zero-order chi connectivity index (χ0) is 18.3. The van der Waals surface area contributed by atoms with Gasteiger partial charge in [-0.15, -0.1) is 0 Å². The van der Waals surface area contributed by atoms with Gasteiger partial charge in [0.2, 0.25) is 0 Å². The van der Waals surface area contributed by atoms with Crippen molar-refractivity contribution in [3.63, 3.8) is 0 Å². The van der Waals surface area contributed by atoms with E-state index in [-0.39, 0.29) is 5.41 Å². The molecule has 3 aromatic rings. The minimum Gasteiger partial charge on any atom is -0.504 e. The van der Waals surface area contributed by atoms with Crippen LogP contribution in [0, 0.1) is 6.92 Å². The van der Waals surface area contributed by atoms with Crippen LogP contribution in [0.4, 0.5) is 0 Å². The van der Waals surface area contributed by atoms with E-state index in [1.54, 1.807) is 13.4 Å². The molecule has 0 atom stereocenters. The summed E-state index contributed by atoms with van der Waals surface area (Å²) in [6.45, 7) is 6.79. The molecule has 1 aliphatic carbocycles. The number of ether oxygens (including phenoxy) is 1. The number of hydrogen-bond acceptors (Lipinski definition) is 1. The molecule has 0 aromatic heterocycles. The number of methoxy groups -OCH3 is 1. The zero-order valence-electron chi connectivity index (χ0n) is 15.8. The Morgan fingerprint density at radius 1 is 0.808 bits per heavy atom. The Morgan fingerprint density at radius 2 is 1.58 bits per heavy atom. The second-order valence-corrected chi connectivity index (χ2v) is 7.56. The molecule has 0 saturated heterocycles. The fourth-order valence-electron chi connectivity index (χ4n) is 4.08. The van der Waals surface area contributed by atoms with E-state index in [1.165, 1.54) is 44.5 Å². The van der Waals surface area contributed by atoms with Gasteiger partial charge in [-0.3, -0.25) is 0 Å². The predicted octanol–water partition coefficient (Wildman–Crippen LogP) is 6.59. The van der Waals surface area contributed by atoms with E-state index in [9.17, 15) is 0 Å². The van der Waals surface area contributed by atoms with Crippen molar-refractivity contribution in [1.82, 2.24) is 0 Å². The van der Waals surface area contributed by atoms with E-state index >= 15 is 0 Å². The summed E-state index contributed by atoms with van der Waals surface area (Å²) in [6, 6.07) is 22.2. The number of benzene rings is 3. The molecular weight excluding hydrogens is 316 g/mol. The first kappa shape index (κ1) is 16.7. The van der Waals surface area contributed by atoms with Crippen molar-refractivity contribution in [3.8, 4) is 22.3 Å². The van der Waals surface area contributed by atoms with Gasteiger partial charge in [0, 0.05) is 5.41 Å². The lowest BCUT2D eigenvalue weighted by molar-refractivity contribution is 0.341. The van der Waals surface area contributed by atoms with Gasteiger partial charge < -0.3 is 4.74 Å². The third kappa shape index (κ3) is 2.55. The molecule has 0 unspecified atom stereocenters. The van der Waals surface area contributed by atoms with Crippen LogP contribution in [-0.4, -0.2) is 7.11 Å². The number of rotatable bonds is 3. The van der Waals surface area contributed by atoms with Crippen molar-refractivity contribution in [2.75, 3.05) is 7.11 Å². The largest absolute Gasteiger partial charge is 0.504 e. The van der Waals surface area contributed by atoms with Crippen molar-refractivity contribution in [1.29, 1.82) is 0 Å². The van der Waals surface area contributed by atoms with E-state index < -0.39 is 0 Å². The van der Waals surface area contributed by atoms with E-state index in [0.717, 1.165) is 0 Å². The van der Waals surface area contributed by atoms with Gasteiger partial charge in [0.25, 0.3) is 0 Å².